The molecule has 2 aromatic rings. The number of para-hydroxylation sites is 1. The highest BCUT2D eigenvalue weighted by Crippen LogP contribution is 2.30. The zero-order chi connectivity index (χ0) is 15.4. The van der Waals surface area contributed by atoms with E-state index in [2.05, 4.69) is 28.5 Å². The van der Waals surface area contributed by atoms with Crippen molar-refractivity contribution in [2.24, 2.45) is 17.6 Å². The Morgan fingerprint density at radius 3 is 2.79 bits per heavy atom. The molecule has 24 heavy (non-hydrogen) atoms. The molecule has 3 rings (SSSR count). The molecule has 1 amide bonds. The van der Waals surface area contributed by atoms with E-state index in [0.717, 1.165) is 36.6 Å². The Morgan fingerprint density at radius 1 is 1.21 bits per heavy atom. The molecular formula is C18H25Cl2N3O. The van der Waals surface area contributed by atoms with Crippen molar-refractivity contribution in [3.63, 3.8) is 0 Å². The summed E-state index contributed by atoms with van der Waals surface area (Å²) < 4.78 is 0. The molecule has 6 heteroatoms. The van der Waals surface area contributed by atoms with Gasteiger partial charge in [-0.2, -0.15) is 0 Å². The summed E-state index contributed by atoms with van der Waals surface area (Å²) >= 11 is 0. The molecule has 1 aliphatic carbocycles. The average Bonchev–Trinajstić information content (AvgIpc) is 3.03. The maximum absolute atomic E-state index is 12.3. The molecule has 1 aliphatic rings. The molecule has 0 saturated heterocycles. The molecule has 1 fully saturated rings. The molecule has 1 aromatic carbocycles. The number of hydrogen-bond acceptors (Lipinski definition) is 3. The molecule has 0 radical (unpaired) electrons. The van der Waals surface area contributed by atoms with Crippen molar-refractivity contribution in [3.05, 3.63) is 42.1 Å². The van der Waals surface area contributed by atoms with Crippen LogP contribution in [0, 0.1) is 11.8 Å². The molecule has 4 nitrogen and oxygen atoms in total. The molecule has 2 atom stereocenters. The normalized spacial score (nSPS) is 19.4. The molecule has 0 unspecified atom stereocenters. The first-order valence-corrected chi connectivity index (χ1v) is 8.10. The summed E-state index contributed by atoms with van der Waals surface area (Å²) in [5.74, 6) is 0.635. The number of pyridine rings is 1. The molecule has 1 heterocycles. The largest absolute Gasteiger partial charge is 0.356 e. The van der Waals surface area contributed by atoms with Crippen LogP contribution in [0.15, 0.2) is 36.5 Å². The Bertz CT molecular complexity index is 660. The molecule has 0 spiro atoms. The molecule has 1 aromatic heterocycles. The first-order chi connectivity index (χ1) is 10.8. The van der Waals surface area contributed by atoms with E-state index in [1.807, 2.05) is 18.3 Å². The van der Waals surface area contributed by atoms with E-state index in [4.69, 9.17) is 5.73 Å². The van der Waals surface area contributed by atoms with Crippen LogP contribution in [0.1, 0.15) is 24.8 Å². The SMILES string of the molecule is Cl.Cl.NC[C@H]1CCC[C@H]1C(=O)NCCc1cccc2cccnc12. The first kappa shape index (κ1) is 20.7. The summed E-state index contributed by atoms with van der Waals surface area (Å²) in [6.07, 6.45) is 5.80. The maximum Gasteiger partial charge on any atom is 0.223 e. The number of carbonyl (C=O) groups excluding carboxylic acids is 1. The number of nitrogens with two attached hydrogens (primary N) is 1. The Labute approximate surface area is 155 Å². The number of amides is 1. The van der Waals surface area contributed by atoms with Crippen molar-refractivity contribution in [2.45, 2.75) is 25.7 Å². The first-order valence-electron chi connectivity index (χ1n) is 8.10. The smallest absolute Gasteiger partial charge is 0.223 e. The molecule has 132 valence electrons. The lowest BCUT2D eigenvalue weighted by molar-refractivity contribution is -0.125. The number of fused-ring (bicyclic) bond motifs is 1. The predicted molar refractivity (Wildman–Crippen MR) is 103 cm³/mol. The van der Waals surface area contributed by atoms with Crippen LogP contribution in [0.3, 0.4) is 0 Å². The quantitative estimate of drug-likeness (QED) is 0.850. The Kier molecular flexibility index (Phi) is 8.46. The molecule has 0 aliphatic heterocycles. The number of rotatable bonds is 5. The standard InChI is InChI=1S/C18H23N3O.2ClH/c19-12-15-6-2-8-16(15)18(22)21-11-9-14-5-1-4-13-7-3-10-20-17(13)14;;/h1,3-5,7,10,15-16H,2,6,8-9,11-12,19H2,(H,21,22);2*1H/t15-,16-;;/m1../s1. The lowest BCUT2D eigenvalue weighted by Crippen LogP contribution is -2.36. The van der Waals surface area contributed by atoms with Crippen molar-refractivity contribution >= 4 is 41.6 Å². The van der Waals surface area contributed by atoms with Gasteiger partial charge in [-0.3, -0.25) is 9.78 Å². The van der Waals surface area contributed by atoms with Gasteiger partial charge in [-0.05, 0) is 43.4 Å². The Balaban J connectivity index is 0.00000144. The topological polar surface area (TPSA) is 68.0 Å². The van der Waals surface area contributed by atoms with Crippen LogP contribution in [0.4, 0.5) is 0 Å². The van der Waals surface area contributed by atoms with Crippen LogP contribution in [-0.2, 0) is 11.2 Å². The van der Waals surface area contributed by atoms with E-state index in [1.54, 1.807) is 0 Å². The van der Waals surface area contributed by atoms with E-state index in [0.29, 0.717) is 19.0 Å². The minimum atomic E-state index is 0. The van der Waals surface area contributed by atoms with Gasteiger partial charge >= 0.3 is 0 Å². The lowest BCUT2D eigenvalue weighted by Gasteiger charge is -2.17. The monoisotopic (exact) mass is 369 g/mol. The number of hydrogen-bond donors (Lipinski definition) is 2. The average molecular weight is 370 g/mol. The highest BCUT2D eigenvalue weighted by molar-refractivity contribution is 5.85. The van der Waals surface area contributed by atoms with Crippen molar-refractivity contribution < 1.29 is 4.79 Å². The third-order valence-corrected chi connectivity index (χ3v) is 4.71. The van der Waals surface area contributed by atoms with Gasteiger partial charge in [0.15, 0.2) is 0 Å². The summed E-state index contributed by atoms with van der Waals surface area (Å²) in [4.78, 5) is 16.7. The van der Waals surface area contributed by atoms with Gasteiger partial charge in [0.05, 0.1) is 5.52 Å². The van der Waals surface area contributed by atoms with Crippen LogP contribution in [-0.4, -0.2) is 24.0 Å². The van der Waals surface area contributed by atoms with Gasteiger partial charge in [0.1, 0.15) is 0 Å². The summed E-state index contributed by atoms with van der Waals surface area (Å²) in [6, 6.07) is 10.2. The molecular weight excluding hydrogens is 345 g/mol. The summed E-state index contributed by atoms with van der Waals surface area (Å²) in [7, 11) is 0. The second-order valence-corrected chi connectivity index (χ2v) is 6.07. The fourth-order valence-electron chi connectivity index (χ4n) is 3.48. The number of benzene rings is 1. The van der Waals surface area contributed by atoms with Gasteiger partial charge < -0.3 is 11.1 Å². The van der Waals surface area contributed by atoms with Gasteiger partial charge in [0, 0.05) is 24.0 Å². The van der Waals surface area contributed by atoms with Crippen LogP contribution in [0.5, 0.6) is 0 Å². The number of carbonyl (C=O) groups is 1. The second-order valence-electron chi connectivity index (χ2n) is 6.07. The fraction of sp³-hybridized carbons (Fsp3) is 0.444. The lowest BCUT2D eigenvalue weighted by atomic mass is 9.95. The van der Waals surface area contributed by atoms with E-state index in [-0.39, 0.29) is 36.6 Å². The van der Waals surface area contributed by atoms with Crippen molar-refractivity contribution in [1.82, 2.24) is 10.3 Å². The molecule has 1 saturated carbocycles. The van der Waals surface area contributed by atoms with E-state index >= 15 is 0 Å². The minimum Gasteiger partial charge on any atom is -0.356 e. The summed E-state index contributed by atoms with van der Waals surface area (Å²) in [5.41, 5.74) is 7.96. The van der Waals surface area contributed by atoms with Crippen LogP contribution in [0.25, 0.3) is 10.9 Å². The third kappa shape index (κ3) is 4.59. The van der Waals surface area contributed by atoms with E-state index in [1.165, 1.54) is 5.56 Å². The molecule has 3 N–H and O–H groups in total. The second kappa shape index (κ2) is 9.82. The number of nitrogens with one attached hydrogen (secondary N) is 1. The number of nitrogens with zero attached hydrogens (tertiary/aromatic N) is 1. The Morgan fingerprint density at radius 2 is 2.00 bits per heavy atom. The highest BCUT2D eigenvalue weighted by Gasteiger charge is 2.31. The van der Waals surface area contributed by atoms with E-state index in [9.17, 15) is 4.79 Å². The Hall–Kier alpha value is -1.36. The van der Waals surface area contributed by atoms with Gasteiger partial charge in [-0.1, -0.05) is 30.7 Å². The van der Waals surface area contributed by atoms with Crippen LogP contribution < -0.4 is 11.1 Å². The minimum absolute atomic E-state index is 0. The fourth-order valence-corrected chi connectivity index (χ4v) is 3.48. The van der Waals surface area contributed by atoms with Crippen molar-refractivity contribution in [2.75, 3.05) is 13.1 Å². The van der Waals surface area contributed by atoms with Gasteiger partial charge in [-0.25, -0.2) is 0 Å². The van der Waals surface area contributed by atoms with Gasteiger partial charge in [0.25, 0.3) is 0 Å². The zero-order valence-corrected chi connectivity index (χ0v) is 15.2. The highest BCUT2D eigenvalue weighted by atomic mass is 35.5. The predicted octanol–water partition coefficient (Wildman–Crippen LogP) is 3.11. The van der Waals surface area contributed by atoms with E-state index < -0.39 is 0 Å². The van der Waals surface area contributed by atoms with Crippen molar-refractivity contribution in [3.8, 4) is 0 Å². The van der Waals surface area contributed by atoms with Crippen LogP contribution >= 0.6 is 24.8 Å². The summed E-state index contributed by atoms with van der Waals surface area (Å²) in [5, 5.41) is 4.22. The van der Waals surface area contributed by atoms with Gasteiger partial charge in [0.2, 0.25) is 5.91 Å². The number of aromatic nitrogens is 1. The maximum atomic E-state index is 12.3. The number of halogens is 2. The summed E-state index contributed by atoms with van der Waals surface area (Å²) in [6.45, 7) is 1.27. The molecule has 0 bridgehead atoms. The van der Waals surface area contributed by atoms with Crippen molar-refractivity contribution in [1.29, 1.82) is 0 Å². The zero-order valence-electron chi connectivity index (χ0n) is 13.6. The van der Waals surface area contributed by atoms with Gasteiger partial charge in [-0.15, -0.1) is 24.8 Å². The third-order valence-electron chi connectivity index (χ3n) is 4.71. The van der Waals surface area contributed by atoms with Crippen LogP contribution in [0.2, 0.25) is 0 Å².